The molecule has 0 N–H and O–H groups in total. The van der Waals surface area contributed by atoms with Gasteiger partial charge in [-0.15, -0.1) is 22.7 Å². The number of esters is 1. The highest BCUT2D eigenvalue weighted by atomic mass is 32.1. The zero-order chi connectivity index (χ0) is 10.7. The summed E-state index contributed by atoms with van der Waals surface area (Å²) < 4.78 is 4.93. The number of carbonyl (C=O) groups is 1. The van der Waals surface area contributed by atoms with Crippen molar-refractivity contribution in [2.75, 3.05) is 0 Å². The van der Waals surface area contributed by atoms with Crippen LogP contribution in [0.15, 0.2) is 29.0 Å². The van der Waals surface area contributed by atoms with Crippen LogP contribution in [0.5, 0.6) is 0 Å². The zero-order valence-corrected chi connectivity index (χ0v) is 9.86. The number of hydrogen-bond donors (Lipinski definition) is 0. The molecule has 0 amide bonds. The van der Waals surface area contributed by atoms with Gasteiger partial charge in [-0.3, -0.25) is 4.79 Å². The van der Waals surface area contributed by atoms with Crippen LogP contribution in [-0.4, -0.2) is 5.97 Å². The van der Waals surface area contributed by atoms with E-state index < -0.39 is 0 Å². The fourth-order valence-electron chi connectivity index (χ4n) is 1.18. The molecule has 0 bridgehead atoms. The lowest BCUT2D eigenvalue weighted by atomic mass is 10.3. The van der Waals surface area contributed by atoms with Crippen molar-refractivity contribution in [1.29, 1.82) is 0 Å². The van der Waals surface area contributed by atoms with Crippen LogP contribution in [-0.2, 0) is 16.1 Å². The van der Waals surface area contributed by atoms with E-state index in [1.54, 1.807) is 22.7 Å². The van der Waals surface area contributed by atoms with Crippen LogP contribution in [0.2, 0.25) is 0 Å². The monoisotopic (exact) mass is 238 g/mol. The Morgan fingerprint density at radius 1 is 1.40 bits per heavy atom. The van der Waals surface area contributed by atoms with Crippen LogP contribution >= 0.6 is 22.7 Å². The molecule has 2 aromatic rings. The summed E-state index contributed by atoms with van der Waals surface area (Å²) in [5.74, 6) is -0.237. The quantitative estimate of drug-likeness (QED) is 0.764. The van der Waals surface area contributed by atoms with Crippen LogP contribution in [0.4, 0.5) is 0 Å². The fraction of sp³-hybridized carbons (Fsp3) is 0.182. The van der Waals surface area contributed by atoms with Crippen LogP contribution in [0.3, 0.4) is 0 Å². The minimum absolute atomic E-state index is 0.237. The Morgan fingerprint density at radius 2 is 2.27 bits per heavy atom. The van der Waals surface area contributed by atoms with E-state index in [1.165, 1.54) is 16.7 Å². The highest BCUT2D eigenvalue weighted by Crippen LogP contribution is 2.30. The smallest absolute Gasteiger partial charge is 0.302 e. The first-order chi connectivity index (χ1) is 7.25. The van der Waals surface area contributed by atoms with Crippen LogP contribution < -0.4 is 0 Å². The van der Waals surface area contributed by atoms with Crippen molar-refractivity contribution in [2.24, 2.45) is 0 Å². The van der Waals surface area contributed by atoms with E-state index >= 15 is 0 Å². The number of carbonyl (C=O) groups excluding carboxylic acids is 1. The minimum Gasteiger partial charge on any atom is -0.461 e. The molecule has 0 aliphatic carbocycles. The topological polar surface area (TPSA) is 26.3 Å². The fourth-order valence-corrected chi connectivity index (χ4v) is 2.93. The van der Waals surface area contributed by atoms with Crippen molar-refractivity contribution < 1.29 is 9.53 Å². The molecule has 78 valence electrons. The third kappa shape index (κ3) is 2.67. The van der Waals surface area contributed by atoms with Gasteiger partial charge in [0.1, 0.15) is 6.61 Å². The summed E-state index contributed by atoms with van der Waals surface area (Å²) >= 11 is 3.39. The van der Waals surface area contributed by atoms with E-state index in [0.717, 1.165) is 5.56 Å². The first kappa shape index (κ1) is 10.4. The van der Waals surface area contributed by atoms with Crippen molar-refractivity contribution in [3.8, 4) is 9.75 Å². The molecule has 0 spiro atoms. The summed E-state index contributed by atoms with van der Waals surface area (Å²) in [6.45, 7) is 1.80. The summed E-state index contributed by atoms with van der Waals surface area (Å²) in [7, 11) is 0. The van der Waals surface area contributed by atoms with Crippen LogP contribution in [0, 0.1) is 0 Å². The number of rotatable bonds is 3. The van der Waals surface area contributed by atoms with Gasteiger partial charge in [-0.1, -0.05) is 6.07 Å². The molecule has 0 unspecified atom stereocenters. The van der Waals surface area contributed by atoms with Gasteiger partial charge in [-0.05, 0) is 22.9 Å². The lowest BCUT2D eigenvalue weighted by molar-refractivity contribution is -0.142. The van der Waals surface area contributed by atoms with Gasteiger partial charge >= 0.3 is 5.97 Å². The molecular formula is C11H10O2S2. The molecule has 0 aliphatic heterocycles. The second-order valence-corrected chi connectivity index (χ2v) is 4.94. The lowest BCUT2D eigenvalue weighted by Crippen LogP contribution is -1.97. The van der Waals surface area contributed by atoms with Gasteiger partial charge in [-0.25, -0.2) is 0 Å². The molecule has 15 heavy (non-hydrogen) atoms. The Hall–Kier alpha value is -1.13. The Labute approximate surface area is 96.1 Å². The first-order valence-corrected chi connectivity index (χ1v) is 6.26. The van der Waals surface area contributed by atoms with E-state index in [1.807, 2.05) is 11.4 Å². The lowest BCUT2D eigenvalue weighted by Gasteiger charge is -1.97. The van der Waals surface area contributed by atoms with Crippen molar-refractivity contribution in [3.63, 3.8) is 0 Å². The average Bonchev–Trinajstić information content (AvgIpc) is 2.85. The van der Waals surface area contributed by atoms with E-state index in [4.69, 9.17) is 4.74 Å². The summed E-state index contributed by atoms with van der Waals surface area (Å²) in [5.41, 5.74) is 1.05. The first-order valence-electron chi connectivity index (χ1n) is 4.50. The Balaban J connectivity index is 2.08. The van der Waals surface area contributed by atoms with Crippen LogP contribution in [0.25, 0.3) is 9.75 Å². The molecule has 0 aliphatic rings. The largest absolute Gasteiger partial charge is 0.461 e. The number of hydrogen-bond acceptors (Lipinski definition) is 4. The number of thiophene rings is 2. The molecule has 0 fully saturated rings. The highest BCUT2D eigenvalue weighted by molar-refractivity contribution is 7.20. The van der Waals surface area contributed by atoms with Crippen molar-refractivity contribution >= 4 is 28.6 Å². The Bertz CT molecular complexity index is 443. The third-order valence-corrected chi connectivity index (χ3v) is 3.90. The van der Waals surface area contributed by atoms with Gasteiger partial charge in [-0.2, -0.15) is 0 Å². The van der Waals surface area contributed by atoms with Crippen molar-refractivity contribution in [1.82, 2.24) is 0 Å². The SMILES string of the molecule is CC(=O)OCc1csc(-c2cccs2)c1. The Kier molecular flexibility index (Phi) is 3.18. The molecule has 0 radical (unpaired) electrons. The van der Waals surface area contributed by atoms with E-state index in [2.05, 4.69) is 17.5 Å². The standard InChI is InChI=1S/C11H10O2S2/c1-8(12)13-6-9-5-11(15-7-9)10-3-2-4-14-10/h2-5,7H,6H2,1H3. The molecule has 0 aromatic carbocycles. The van der Waals surface area contributed by atoms with Crippen molar-refractivity contribution in [3.05, 3.63) is 34.5 Å². The summed E-state index contributed by atoms with van der Waals surface area (Å²) in [4.78, 5) is 13.1. The third-order valence-electron chi connectivity index (χ3n) is 1.86. The molecule has 2 nitrogen and oxygen atoms in total. The van der Waals surface area contributed by atoms with Gasteiger partial charge in [0, 0.05) is 22.2 Å². The molecule has 0 saturated carbocycles. The van der Waals surface area contributed by atoms with Gasteiger partial charge in [0.2, 0.25) is 0 Å². The average molecular weight is 238 g/mol. The second-order valence-electron chi connectivity index (χ2n) is 3.08. The van der Waals surface area contributed by atoms with Gasteiger partial charge in [0.15, 0.2) is 0 Å². The summed E-state index contributed by atoms with van der Waals surface area (Å²) in [6, 6.07) is 6.19. The molecule has 4 heteroatoms. The maximum absolute atomic E-state index is 10.6. The maximum Gasteiger partial charge on any atom is 0.302 e. The second kappa shape index (κ2) is 4.59. The molecule has 2 aromatic heterocycles. The van der Waals surface area contributed by atoms with E-state index in [0.29, 0.717) is 6.61 Å². The highest BCUT2D eigenvalue weighted by Gasteiger charge is 2.04. The summed E-state index contributed by atoms with van der Waals surface area (Å²) in [6.07, 6.45) is 0. The maximum atomic E-state index is 10.6. The normalized spacial score (nSPS) is 10.2. The molecular weight excluding hydrogens is 228 g/mol. The molecule has 2 heterocycles. The van der Waals surface area contributed by atoms with Crippen molar-refractivity contribution in [2.45, 2.75) is 13.5 Å². The molecule has 0 saturated heterocycles. The van der Waals surface area contributed by atoms with E-state index in [9.17, 15) is 4.79 Å². The van der Waals surface area contributed by atoms with Gasteiger partial charge in [0.25, 0.3) is 0 Å². The zero-order valence-electron chi connectivity index (χ0n) is 8.23. The van der Waals surface area contributed by atoms with Gasteiger partial charge < -0.3 is 4.74 Å². The molecule has 0 atom stereocenters. The Morgan fingerprint density at radius 3 is 2.93 bits per heavy atom. The summed E-state index contributed by atoms with van der Waals surface area (Å²) in [5, 5.41) is 4.08. The predicted molar refractivity (Wildman–Crippen MR) is 63.1 cm³/mol. The van der Waals surface area contributed by atoms with E-state index in [-0.39, 0.29) is 5.97 Å². The minimum atomic E-state index is -0.237. The van der Waals surface area contributed by atoms with Gasteiger partial charge in [0.05, 0.1) is 0 Å². The molecule has 2 rings (SSSR count). The number of ether oxygens (including phenoxy) is 1. The predicted octanol–water partition coefficient (Wildman–Crippen LogP) is 3.54. The van der Waals surface area contributed by atoms with Crippen LogP contribution in [0.1, 0.15) is 12.5 Å².